The van der Waals surface area contributed by atoms with E-state index in [1.54, 1.807) is 0 Å². The smallest absolute Gasteiger partial charge is 0.124 e. The normalized spacial score (nSPS) is 16.6. The molecule has 1 saturated carbocycles. The van der Waals surface area contributed by atoms with Gasteiger partial charge in [-0.25, -0.2) is 0 Å². The summed E-state index contributed by atoms with van der Waals surface area (Å²) in [5, 5.41) is 0. The minimum Gasteiger partial charge on any atom is -0.494 e. The SMILES string of the molecule is CCOc1ccc(C(C)N)cc1COCC1CC1. The molecule has 1 aliphatic carbocycles. The summed E-state index contributed by atoms with van der Waals surface area (Å²) in [6.45, 7) is 6.15. The Labute approximate surface area is 109 Å². The van der Waals surface area contributed by atoms with Crippen LogP contribution < -0.4 is 10.5 Å². The Morgan fingerprint density at radius 3 is 2.78 bits per heavy atom. The first kappa shape index (κ1) is 13.4. The van der Waals surface area contributed by atoms with E-state index in [0.29, 0.717) is 13.2 Å². The van der Waals surface area contributed by atoms with Gasteiger partial charge in [-0.05, 0) is 50.3 Å². The third-order valence-electron chi connectivity index (χ3n) is 3.22. The maximum atomic E-state index is 5.91. The van der Waals surface area contributed by atoms with Gasteiger partial charge in [-0.15, -0.1) is 0 Å². The molecule has 0 saturated heterocycles. The van der Waals surface area contributed by atoms with Crippen LogP contribution in [0.25, 0.3) is 0 Å². The van der Waals surface area contributed by atoms with Crippen LogP contribution in [0.5, 0.6) is 5.75 Å². The van der Waals surface area contributed by atoms with Crippen molar-refractivity contribution in [3.8, 4) is 5.75 Å². The van der Waals surface area contributed by atoms with Crippen LogP contribution in [-0.2, 0) is 11.3 Å². The Bertz CT molecular complexity index is 386. The van der Waals surface area contributed by atoms with Gasteiger partial charge in [0.1, 0.15) is 5.75 Å². The highest BCUT2D eigenvalue weighted by molar-refractivity contribution is 5.38. The average molecular weight is 249 g/mol. The summed E-state index contributed by atoms with van der Waals surface area (Å²) in [6.07, 6.45) is 2.64. The molecule has 0 aliphatic heterocycles. The molecule has 0 spiro atoms. The summed E-state index contributed by atoms with van der Waals surface area (Å²) < 4.78 is 11.4. The summed E-state index contributed by atoms with van der Waals surface area (Å²) in [4.78, 5) is 0. The van der Waals surface area contributed by atoms with Crippen molar-refractivity contribution in [2.24, 2.45) is 11.7 Å². The summed E-state index contributed by atoms with van der Waals surface area (Å²) >= 11 is 0. The van der Waals surface area contributed by atoms with Crippen molar-refractivity contribution in [1.82, 2.24) is 0 Å². The molecule has 1 aromatic rings. The van der Waals surface area contributed by atoms with Gasteiger partial charge < -0.3 is 15.2 Å². The quantitative estimate of drug-likeness (QED) is 0.807. The fourth-order valence-electron chi connectivity index (χ4n) is 1.91. The number of ether oxygens (including phenoxy) is 2. The zero-order chi connectivity index (χ0) is 13.0. The Hall–Kier alpha value is -1.06. The molecule has 0 bridgehead atoms. The Morgan fingerprint density at radius 2 is 2.17 bits per heavy atom. The van der Waals surface area contributed by atoms with Crippen LogP contribution in [0.15, 0.2) is 18.2 Å². The molecule has 0 aromatic heterocycles. The number of hydrogen-bond acceptors (Lipinski definition) is 3. The van der Waals surface area contributed by atoms with E-state index in [4.69, 9.17) is 15.2 Å². The summed E-state index contributed by atoms with van der Waals surface area (Å²) in [7, 11) is 0. The van der Waals surface area contributed by atoms with Gasteiger partial charge in [0.25, 0.3) is 0 Å². The van der Waals surface area contributed by atoms with Gasteiger partial charge in [0, 0.05) is 18.2 Å². The topological polar surface area (TPSA) is 44.5 Å². The van der Waals surface area contributed by atoms with Crippen molar-refractivity contribution in [3.05, 3.63) is 29.3 Å². The van der Waals surface area contributed by atoms with Crippen molar-refractivity contribution in [2.75, 3.05) is 13.2 Å². The maximum Gasteiger partial charge on any atom is 0.124 e. The van der Waals surface area contributed by atoms with Crippen LogP contribution in [0.4, 0.5) is 0 Å². The molecule has 1 aromatic carbocycles. The molecule has 0 amide bonds. The van der Waals surface area contributed by atoms with Crippen molar-refractivity contribution in [2.45, 2.75) is 39.3 Å². The van der Waals surface area contributed by atoms with Crippen LogP contribution in [-0.4, -0.2) is 13.2 Å². The predicted octanol–water partition coefficient (Wildman–Crippen LogP) is 3.03. The van der Waals surface area contributed by atoms with Crippen molar-refractivity contribution in [3.63, 3.8) is 0 Å². The lowest BCUT2D eigenvalue weighted by Gasteiger charge is -2.14. The Balaban J connectivity index is 2.03. The van der Waals surface area contributed by atoms with E-state index >= 15 is 0 Å². The van der Waals surface area contributed by atoms with Gasteiger partial charge in [0.05, 0.1) is 13.2 Å². The van der Waals surface area contributed by atoms with Gasteiger partial charge in [-0.1, -0.05) is 6.07 Å². The Kier molecular flexibility index (Phi) is 4.61. The third kappa shape index (κ3) is 3.72. The molecule has 1 unspecified atom stereocenters. The first-order valence-electron chi connectivity index (χ1n) is 6.79. The lowest BCUT2D eigenvalue weighted by atomic mass is 10.1. The van der Waals surface area contributed by atoms with E-state index in [9.17, 15) is 0 Å². The number of hydrogen-bond donors (Lipinski definition) is 1. The molecule has 1 aliphatic rings. The first-order valence-corrected chi connectivity index (χ1v) is 6.79. The molecule has 18 heavy (non-hydrogen) atoms. The molecule has 0 heterocycles. The maximum absolute atomic E-state index is 5.91. The molecular weight excluding hydrogens is 226 g/mol. The minimum atomic E-state index is 0.0443. The highest BCUT2D eigenvalue weighted by Crippen LogP contribution is 2.30. The molecule has 2 N–H and O–H groups in total. The predicted molar refractivity (Wildman–Crippen MR) is 72.6 cm³/mol. The zero-order valence-electron chi connectivity index (χ0n) is 11.3. The number of rotatable bonds is 7. The van der Waals surface area contributed by atoms with E-state index in [-0.39, 0.29) is 6.04 Å². The highest BCUT2D eigenvalue weighted by Gasteiger charge is 2.21. The number of nitrogens with two attached hydrogens (primary N) is 1. The molecule has 0 radical (unpaired) electrons. The second-order valence-electron chi connectivity index (χ2n) is 5.05. The van der Waals surface area contributed by atoms with Crippen molar-refractivity contribution >= 4 is 0 Å². The molecule has 3 heteroatoms. The van der Waals surface area contributed by atoms with Gasteiger partial charge >= 0.3 is 0 Å². The fraction of sp³-hybridized carbons (Fsp3) is 0.600. The molecule has 3 nitrogen and oxygen atoms in total. The summed E-state index contributed by atoms with van der Waals surface area (Å²) in [6, 6.07) is 6.17. The second kappa shape index (κ2) is 6.21. The van der Waals surface area contributed by atoms with Crippen molar-refractivity contribution in [1.29, 1.82) is 0 Å². The molecule has 100 valence electrons. The van der Waals surface area contributed by atoms with Gasteiger partial charge in [0.2, 0.25) is 0 Å². The average Bonchev–Trinajstić information content (AvgIpc) is 3.15. The van der Waals surface area contributed by atoms with Crippen LogP contribution in [0.2, 0.25) is 0 Å². The van der Waals surface area contributed by atoms with Crippen LogP contribution in [0.3, 0.4) is 0 Å². The largest absolute Gasteiger partial charge is 0.494 e. The summed E-state index contributed by atoms with van der Waals surface area (Å²) in [5.74, 6) is 1.70. The second-order valence-corrected chi connectivity index (χ2v) is 5.05. The molecule has 1 atom stereocenters. The van der Waals surface area contributed by atoms with Crippen LogP contribution >= 0.6 is 0 Å². The number of benzene rings is 1. The van der Waals surface area contributed by atoms with Gasteiger partial charge in [0.15, 0.2) is 0 Å². The van der Waals surface area contributed by atoms with Crippen LogP contribution in [0, 0.1) is 5.92 Å². The van der Waals surface area contributed by atoms with E-state index < -0.39 is 0 Å². The lowest BCUT2D eigenvalue weighted by molar-refractivity contribution is 0.109. The molecule has 1 fully saturated rings. The highest BCUT2D eigenvalue weighted by atomic mass is 16.5. The van der Waals surface area contributed by atoms with Gasteiger partial charge in [-0.3, -0.25) is 0 Å². The Morgan fingerprint density at radius 1 is 1.39 bits per heavy atom. The van der Waals surface area contributed by atoms with Crippen molar-refractivity contribution < 1.29 is 9.47 Å². The lowest BCUT2D eigenvalue weighted by Crippen LogP contribution is -2.07. The van der Waals surface area contributed by atoms with E-state index in [0.717, 1.165) is 29.4 Å². The van der Waals surface area contributed by atoms with Crippen LogP contribution in [0.1, 0.15) is 43.9 Å². The van der Waals surface area contributed by atoms with E-state index in [2.05, 4.69) is 6.07 Å². The van der Waals surface area contributed by atoms with Gasteiger partial charge in [-0.2, -0.15) is 0 Å². The fourth-order valence-corrected chi connectivity index (χ4v) is 1.91. The monoisotopic (exact) mass is 249 g/mol. The zero-order valence-corrected chi connectivity index (χ0v) is 11.3. The third-order valence-corrected chi connectivity index (χ3v) is 3.22. The molecular formula is C15H23NO2. The first-order chi connectivity index (χ1) is 8.70. The van der Waals surface area contributed by atoms with E-state index in [1.807, 2.05) is 26.0 Å². The van der Waals surface area contributed by atoms with E-state index in [1.165, 1.54) is 12.8 Å². The summed E-state index contributed by atoms with van der Waals surface area (Å²) in [5.41, 5.74) is 8.14. The standard InChI is InChI=1S/C15H23NO2/c1-3-18-15-7-6-13(11(2)16)8-14(15)10-17-9-12-4-5-12/h6-8,11-12H,3-5,9-10,16H2,1-2H3. The molecule has 2 rings (SSSR count). The minimum absolute atomic E-state index is 0.0443.